The second kappa shape index (κ2) is 6.67. The van der Waals surface area contributed by atoms with Gasteiger partial charge in [-0.15, -0.1) is 0 Å². The maximum absolute atomic E-state index is 6.42. The summed E-state index contributed by atoms with van der Waals surface area (Å²) in [5, 5.41) is 0. The van der Waals surface area contributed by atoms with Gasteiger partial charge in [0, 0.05) is 11.0 Å². The molecule has 0 saturated heterocycles. The zero-order chi connectivity index (χ0) is 23.0. The van der Waals surface area contributed by atoms with Crippen molar-refractivity contribution >= 4 is 12.2 Å². The van der Waals surface area contributed by atoms with E-state index in [4.69, 9.17) is 18.9 Å². The highest BCUT2D eigenvalue weighted by atomic mass is 16.6. The van der Waals surface area contributed by atoms with Crippen LogP contribution in [0.5, 0.6) is 46.0 Å². The standard InChI is InChI=1S/C30H22O4/c1-17-14-21-19(29-28(17)33-24-10-6-7-11-25(24)34-29)13-12-18-15-26-27(16-20(18)30(21,2)3)32-23-9-5-4-8-22(23)31-26/h4-16H,1-3H3. The first-order valence-corrected chi connectivity index (χ1v) is 11.4. The zero-order valence-electron chi connectivity index (χ0n) is 19.1. The van der Waals surface area contributed by atoms with Crippen LogP contribution in [0.4, 0.5) is 0 Å². The van der Waals surface area contributed by atoms with Crippen LogP contribution in [0.25, 0.3) is 12.2 Å². The van der Waals surface area contributed by atoms with Crippen molar-refractivity contribution in [3.05, 3.63) is 94.5 Å². The summed E-state index contributed by atoms with van der Waals surface area (Å²) in [6, 6.07) is 21.9. The lowest BCUT2D eigenvalue weighted by molar-refractivity contribution is 0.355. The molecule has 0 bridgehead atoms. The molecule has 0 atom stereocenters. The van der Waals surface area contributed by atoms with Crippen LogP contribution in [0, 0.1) is 6.92 Å². The van der Waals surface area contributed by atoms with Crippen LogP contribution < -0.4 is 18.9 Å². The van der Waals surface area contributed by atoms with E-state index in [1.54, 1.807) is 0 Å². The fraction of sp³-hybridized carbons (Fsp3) is 0.133. The van der Waals surface area contributed by atoms with Crippen molar-refractivity contribution in [2.75, 3.05) is 0 Å². The SMILES string of the molecule is Cc1cc2c(c3c1Oc1ccccc1O3)C=Cc1cc3c(cc1C2(C)C)Oc1ccccc1O3. The topological polar surface area (TPSA) is 36.9 Å². The van der Waals surface area contributed by atoms with E-state index in [-0.39, 0.29) is 5.41 Å². The number of para-hydroxylation sites is 4. The lowest BCUT2D eigenvalue weighted by atomic mass is 9.74. The monoisotopic (exact) mass is 446 g/mol. The first-order chi connectivity index (χ1) is 16.5. The summed E-state index contributed by atoms with van der Waals surface area (Å²) >= 11 is 0. The van der Waals surface area contributed by atoms with Crippen molar-refractivity contribution in [1.82, 2.24) is 0 Å². The zero-order valence-corrected chi connectivity index (χ0v) is 19.1. The number of hydrogen-bond donors (Lipinski definition) is 0. The van der Waals surface area contributed by atoms with Gasteiger partial charge in [-0.2, -0.15) is 0 Å². The van der Waals surface area contributed by atoms with Crippen LogP contribution in [0.2, 0.25) is 0 Å². The van der Waals surface area contributed by atoms with Crippen molar-refractivity contribution in [2.24, 2.45) is 0 Å². The molecule has 0 fully saturated rings. The van der Waals surface area contributed by atoms with E-state index in [2.05, 4.69) is 51.1 Å². The molecule has 4 aromatic rings. The van der Waals surface area contributed by atoms with E-state index < -0.39 is 0 Å². The predicted molar refractivity (Wildman–Crippen MR) is 132 cm³/mol. The van der Waals surface area contributed by atoms with E-state index in [0.29, 0.717) is 0 Å². The lowest BCUT2D eigenvalue weighted by Gasteiger charge is -2.32. The number of ether oxygens (including phenoxy) is 4. The van der Waals surface area contributed by atoms with Crippen molar-refractivity contribution < 1.29 is 18.9 Å². The van der Waals surface area contributed by atoms with Crippen molar-refractivity contribution in [1.29, 1.82) is 0 Å². The van der Waals surface area contributed by atoms with Gasteiger partial charge in [0.2, 0.25) is 0 Å². The highest BCUT2D eigenvalue weighted by Gasteiger charge is 2.36. The molecule has 1 aliphatic carbocycles. The van der Waals surface area contributed by atoms with Crippen LogP contribution in [0.1, 0.15) is 41.7 Å². The molecule has 34 heavy (non-hydrogen) atoms. The summed E-state index contributed by atoms with van der Waals surface area (Å²) in [5.74, 6) is 5.89. The summed E-state index contributed by atoms with van der Waals surface area (Å²) in [6.45, 7) is 6.55. The van der Waals surface area contributed by atoms with Crippen molar-refractivity contribution in [2.45, 2.75) is 26.2 Å². The number of hydrogen-bond acceptors (Lipinski definition) is 4. The van der Waals surface area contributed by atoms with Crippen LogP contribution >= 0.6 is 0 Å². The smallest absolute Gasteiger partial charge is 0.177 e. The highest BCUT2D eigenvalue weighted by Crippen LogP contribution is 2.55. The summed E-state index contributed by atoms with van der Waals surface area (Å²) in [7, 11) is 0. The molecule has 0 radical (unpaired) electrons. The molecule has 7 rings (SSSR count). The minimum Gasteiger partial charge on any atom is -0.450 e. The third-order valence-corrected chi connectivity index (χ3v) is 6.91. The largest absolute Gasteiger partial charge is 0.450 e. The van der Waals surface area contributed by atoms with Gasteiger partial charge in [0.15, 0.2) is 46.0 Å². The van der Waals surface area contributed by atoms with Gasteiger partial charge in [0.25, 0.3) is 0 Å². The number of benzene rings is 4. The Hall–Kier alpha value is -4.18. The summed E-state index contributed by atoms with van der Waals surface area (Å²) in [4.78, 5) is 0. The third kappa shape index (κ3) is 2.65. The molecule has 2 heterocycles. The minimum absolute atomic E-state index is 0.316. The van der Waals surface area contributed by atoms with E-state index in [9.17, 15) is 0 Å². The van der Waals surface area contributed by atoms with Crippen molar-refractivity contribution in [3.63, 3.8) is 0 Å². The van der Waals surface area contributed by atoms with Crippen LogP contribution in [0.3, 0.4) is 0 Å². The van der Waals surface area contributed by atoms with Gasteiger partial charge >= 0.3 is 0 Å². The minimum atomic E-state index is -0.316. The van der Waals surface area contributed by atoms with Gasteiger partial charge in [0.1, 0.15) is 0 Å². The van der Waals surface area contributed by atoms with Crippen molar-refractivity contribution in [3.8, 4) is 46.0 Å². The quantitative estimate of drug-likeness (QED) is 0.234. The third-order valence-electron chi connectivity index (χ3n) is 6.91. The molecule has 4 aromatic carbocycles. The Bertz CT molecular complexity index is 1540. The molecule has 3 aliphatic rings. The first kappa shape index (κ1) is 19.3. The number of fused-ring (bicyclic) bond motifs is 7. The normalized spacial score (nSPS) is 15.4. The molecule has 0 spiro atoms. The van der Waals surface area contributed by atoms with Crippen LogP contribution in [0.15, 0.2) is 66.7 Å². The first-order valence-electron chi connectivity index (χ1n) is 11.4. The molecular formula is C30H22O4. The molecule has 2 aliphatic heterocycles. The predicted octanol–water partition coefficient (Wildman–Crippen LogP) is 8.60. The Morgan fingerprint density at radius 1 is 0.559 bits per heavy atom. The number of aryl methyl sites for hydroxylation is 1. The molecule has 4 nitrogen and oxygen atoms in total. The Balaban J connectivity index is 1.40. The summed E-state index contributed by atoms with van der Waals surface area (Å²) in [5.41, 5.74) is 5.19. The number of rotatable bonds is 0. The second-order valence-corrected chi connectivity index (χ2v) is 9.46. The fourth-order valence-electron chi connectivity index (χ4n) is 5.12. The second-order valence-electron chi connectivity index (χ2n) is 9.46. The molecule has 0 amide bonds. The molecule has 4 heteroatoms. The summed E-state index contributed by atoms with van der Waals surface area (Å²) in [6.07, 6.45) is 4.26. The van der Waals surface area contributed by atoms with Gasteiger partial charge in [0.05, 0.1) is 0 Å². The highest BCUT2D eigenvalue weighted by molar-refractivity contribution is 5.84. The Morgan fingerprint density at radius 3 is 1.76 bits per heavy atom. The maximum Gasteiger partial charge on any atom is 0.177 e. The molecule has 0 aromatic heterocycles. The van der Waals surface area contributed by atoms with Crippen LogP contribution in [-0.4, -0.2) is 0 Å². The fourth-order valence-corrected chi connectivity index (χ4v) is 5.12. The summed E-state index contributed by atoms with van der Waals surface area (Å²) < 4.78 is 25.1. The van der Waals surface area contributed by atoms with Gasteiger partial charge in [-0.1, -0.05) is 56.3 Å². The average Bonchev–Trinajstić information content (AvgIpc) is 2.95. The Labute approximate surface area is 198 Å². The maximum atomic E-state index is 6.42. The van der Waals surface area contributed by atoms with Gasteiger partial charge in [-0.05, 0) is 65.6 Å². The molecule has 166 valence electrons. The molecule has 0 N–H and O–H groups in total. The van der Waals surface area contributed by atoms with E-state index in [1.807, 2.05) is 48.5 Å². The molecular weight excluding hydrogens is 424 g/mol. The average molecular weight is 447 g/mol. The van der Waals surface area contributed by atoms with E-state index in [0.717, 1.165) is 62.7 Å². The lowest BCUT2D eigenvalue weighted by Crippen LogP contribution is -2.22. The Morgan fingerprint density at radius 2 is 1.12 bits per heavy atom. The van der Waals surface area contributed by atoms with Gasteiger partial charge in [-0.3, -0.25) is 0 Å². The van der Waals surface area contributed by atoms with E-state index >= 15 is 0 Å². The van der Waals surface area contributed by atoms with E-state index in [1.165, 1.54) is 11.1 Å². The Kier molecular flexibility index (Phi) is 3.79. The van der Waals surface area contributed by atoms with Crippen LogP contribution in [-0.2, 0) is 5.41 Å². The molecule has 0 unspecified atom stereocenters. The molecule has 0 saturated carbocycles. The van der Waals surface area contributed by atoms with Gasteiger partial charge in [-0.25, -0.2) is 0 Å². The van der Waals surface area contributed by atoms with Gasteiger partial charge < -0.3 is 18.9 Å².